The highest BCUT2D eigenvalue weighted by Gasteiger charge is 2.07. The van der Waals surface area contributed by atoms with E-state index in [1.807, 2.05) is 32.9 Å². The maximum Gasteiger partial charge on any atom is 0.182 e. The molecular weight excluding hydrogens is 176 g/mol. The second-order valence-corrected chi connectivity index (χ2v) is 3.33. The van der Waals surface area contributed by atoms with Crippen LogP contribution in [0.25, 0.3) is 11.4 Å². The molecule has 72 valence electrons. The predicted octanol–water partition coefficient (Wildman–Crippen LogP) is 1.79. The molecule has 2 aromatic rings. The Balaban J connectivity index is 2.52. The largest absolute Gasteiger partial charge is 0.263 e. The molecule has 4 heteroatoms. The molecule has 0 atom stereocenters. The number of hydrogen-bond acceptors (Lipinski definition) is 3. The first-order chi connectivity index (χ1) is 6.66. The summed E-state index contributed by atoms with van der Waals surface area (Å²) < 4.78 is 0. The first-order valence-electron chi connectivity index (χ1n) is 4.50. The molecule has 4 nitrogen and oxygen atoms in total. The summed E-state index contributed by atoms with van der Waals surface area (Å²) >= 11 is 0. The maximum atomic E-state index is 4.37. The monoisotopic (exact) mass is 188 g/mol. The summed E-state index contributed by atoms with van der Waals surface area (Å²) in [5, 5.41) is 6.92. The fourth-order valence-electron chi connectivity index (χ4n) is 1.39. The van der Waals surface area contributed by atoms with Gasteiger partial charge in [-0.15, -0.1) is 0 Å². The molecule has 0 saturated carbocycles. The fourth-order valence-corrected chi connectivity index (χ4v) is 1.39. The van der Waals surface area contributed by atoms with Crippen LogP contribution in [0, 0.1) is 20.8 Å². The summed E-state index contributed by atoms with van der Waals surface area (Å²) in [6, 6.07) is 3.97. The lowest BCUT2D eigenvalue weighted by Crippen LogP contribution is -1.91. The van der Waals surface area contributed by atoms with Crippen molar-refractivity contribution < 1.29 is 0 Å². The van der Waals surface area contributed by atoms with Crippen LogP contribution in [-0.2, 0) is 0 Å². The third-order valence-corrected chi connectivity index (χ3v) is 2.06. The van der Waals surface area contributed by atoms with Crippen LogP contribution in [0.15, 0.2) is 12.1 Å². The van der Waals surface area contributed by atoms with E-state index >= 15 is 0 Å². The van der Waals surface area contributed by atoms with Crippen LogP contribution >= 0.6 is 0 Å². The van der Waals surface area contributed by atoms with E-state index in [4.69, 9.17) is 0 Å². The van der Waals surface area contributed by atoms with E-state index in [1.54, 1.807) is 0 Å². The zero-order valence-electron chi connectivity index (χ0n) is 8.50. The van der Waals surface area contributed by atoms with Crippen LogP contribution in [0.5, 0.6) is 0 Å². The van der Waals surface area contributed by atoms with E-state index in [0.29, 0.717) is 5.82 Å². The molecule has 0 aliphatic heterocycles. The lowest BCUT2D eigenvalue weighted by atomic mass is 10.2. The zero-order chi connectivity index (χ0) is 10.1. The molecular formula is C10H12N4. The van der Waals surface area contributed by atoms with Gasteiger partial charge >= 0.3 is 0 Å². The average molecular weight is 188 g/mol. The number of rotatable bonds is 1. The Labute approximate surface area is 82.4 Å². The van der Waals surface area contributed by atoms with Crippen LogP contribution < -0.4 is 0 Å². The number of hydrogen-bond donors (Lipinski definition) is 1. The van der Waals surface area contributed by atoms with Gasteiger partial charge in [-0.1, -0.05) is 0 Å². The molecule has 0 radical (unpaired) electrons. The van der Waals surface area contributed by atoms with E-state index in [2.05, 4.69) is 20.2 Å². The molecule has 1 N–H and O–H groups in total. The fraction of sp³-hybridized carbons (Fsp3) is 0.300. The van der Waals surface area contributed by atoms with E-state index in [9.17, 15) is 0 Å². The summed E-state index contributed by atoms with van der Waals surface area (Å²) in [6.07, 6.45) is 0. The van der Waals surface area contributed by atoms with E-state index < -0.39 is 0 Å². The second-order valence-electron chi connectivity index (χ2n) is 3.33. The van der Waals surface area contributed by atoms with Gasteiger partial charge in [0.1, 0.15) is 5.82 Å². The minimum absolute atomic E-state index is 0.715. The molecule has 14 heavy (non-hydrogen) atoms. The number of aryl methyl sites for hydroxylation is 3. The lowest BCUT2D eigenvalue weighted by Gasteiger charge is -2.00. The molecule has 0 amide bonds. The van der Waals surface area contributed by atoms with Gasteiger partial charge in [0.25, 0.3) is 0 Å². The lowest BCUT2D eigenvalue weighted by molar-refractivity contribution is 1.04. The highest BCUT2D eigenvalue weighted by molar-refractivity contribution is 5.57. The molecule has 2 aromatic heterocycles. The SMILES string of the molecule is Cc1ccc(-c2n[nH]c(C)n2)c(C)n1. The van der Waals surface area contributed by atoms with Gasteiger partial charge in [0.2, 0.25) is 0 Å². The Morgan fingerprint density at radius 1 is 1.07 bits per heavy atom. The zero-order valence-corrected chi connectivity index (χ0v) is 8.50. The standard InChI is InChI=1S/C10H12N4/c1-6-4-5-9(7(2)11-6)10-12-8(3)13-14-10/h4-5H,1-3H3,(H,12,13,14). The maximum absolute atomic E-state index is 4.37. The van der Waals surface area contributed by atoms with Gasteiger partial charge in [-0.3, -0.25) is 10.1 Å². The number of nitrogens with one attached hydrogen (secondary N) is 1. The molecule has 0 saturated heterocycles. The van der Waals surface area contributed by atoms with Gasteiger partial charge in [0.05, 0.1) is 0 Å². The van der Waals surface area contributed by atoms with Crippen LogP contribution in [0.4, 0.5) is 0 Å². The molecule has 0 bridgehead atoms. The summed E-state index contributed by atoms with van der Waals surface area (Å²) in [7, 11) is 0. The van der Waals surface area contributed by atoms with Gasteiger partial charge in [0, 0.05) is 17.0 Å². The quantitative estimate of drug-likeness (QED) is 0.742. The average Bonchev–Trinajstić information content (AvgIpc) is 2.51. The first kappa shape index (κ1) is 8.87. The molecule has 0 aromatic carbocycles. The van der Waals surface area contributed by atoms with Crippen molar-refractivity contribution >= 4 is 0 Å². The van der Waals surface area contributed by atoms with Gasteiger partial charge < -0.3 is 0 Å². The topological polar surface area (TPSA) is 54.5 Å². The third kappa shape index (κ3) is 1.51. The summed E-state index contributed by atoms with van der Waals surface area (Å²) in [5.74, 6) is 1.53. The number of nitrogens with zero attached hydrogens (tertiary/aromatic N) is 3. The molecule has 0 aliphatic carbocycles. The van der Waals surface area contributed by atoms with Gasteiger partial charge in [-0.25, -0.2) is 4.98 Å². The van der Waals surface area contributed by atoms with E-state index in [-0.39, 0.29) is 0 Å². The number of aromatic amines is 1. The van der Waals surface area contributed by atoms with E-state index in [1.165, 1.54) is 0 Å². The molecule has 0 spiro atoms. The van der Waals surface area contributed by atoms with Crippen LogP contribution in [0.2, 0.25) is 0 Å². The van der Waals surface area contributed by atoms with Crippen LogP contribution in [0.3, 0.4) is 0 Å². The van der Waals surface area contributed by atoms with E-state index in [0.717, 1.165) is 22.8 Å². The molecule has 2 heterocycles. The van der Waals surface area contributed by atoms with Crippen molar-refractivity contribution in [1.82, 2.24) is 20.2 Å². The van der Waals surface area contributed by atoms with Gasteiger partial charge in [-0.2, -0.15) is 5.10 Å². The summed E-state index contributed by atoms with van der Waals surface area (Å²) in [5.41, 5.74) is 2.96. The summed E-state index contributed by atoms with van der Waals surface area (Å²) in [4.78, 5) is 8.63. The third-order valence-electron chi connectivity index (χ3n) is 2.06. The minimum Gasteiger partial charge on any atom is -0.263 e. The Bertz CT molecular complexity index is 459. The van der Waals surface area contributed by atoms with Crippen molar-refractivity contribution in [3.05, 3.63) is 29.3 Å². The van der Waals surface area contributed by atoms with Crippen molar-refractivity contribution in [2.45, 2.75) is 20.8 Å². The number of aromatic nitrogens is 4. The molecule has 0 aliphatic rings. The van der Waals surface area contributed by atoms with Crippen LogP contribution in [-0.4, -0.2) is 20.2 Å². The predicted molar refractivity (Wildman–Crippen MR) is 53.8 cm³/mol. The van der Waals surface area contributed by atoms with Gasteiger partial charge in [0.15, 0.2) is 5.82 Å². The first-order valence-corrected chi connectivity index (χ1v) is 4.50. The smallest absolute Gasteiger partial charge is 0.182 e. The van der Waals surface area contributed by atoms with Crippen LogP contribution in [0.1, 0.15) is 17.2 Å². The summed E-state index contributed by atoms with van der Waals surface area (Å²) in [6.45, 7) is 5.82. The highest BCUT2D eigenvalue weighted by atomic mass is 15.2. The highest BCUT2D eigenvalue weighted by Crippen LogP contribution is 2.17. The molecule has 0 fully saturated rings. The Hall–Kier alpha value is -1.71. The number of H-pyrrole nitrogens is 1. The number of pyridine rings is 1. The minimum atomic E-state index is 0.715. The molecule has 0 unspecified atom stereocenters. The van der Waals surface area contributed by atoms with Crippen molar-refractivity contribution in [2.24, 2.45) is 0 Å². The van der Waals surface area contributed by atoms with Crippen molar-refractivity contribution in [2.75, 3.05) is 0 Å². The Morgan fingerprint density at radius 2 is 1.86 bits per heavy atom. The van der Waals surface area contributed by atoms with Gasteiger partial charge in [-0.05, 0) is 32.9 Å². The normalized spacial score (nSPS) is 10.5. The Kier molecular flexibility index (Phi) is 2.04. The van der Waals surface area contributed by atoms with Crippen molar-refractivity contribution in [3.63, 3.8) is 0 Å². The van der Waals surface area contributed by atoms with Crippen molar-refractivity contribution in [1.29, 1.82) is 0 Å². The second kappa shape index (κ2) is 3.21. The Morgan fingerprint density at radius 3 is 2.43 bits per heavy atom. The van der Waals surface area contributed by atoms with Crippen molar-refractivity contribution in [3.8, 4) is 11.4 Å². The molecule has 2 rings (SSSR count).